The van der Waals surface area contributed by atoms with E-state index in [0.717, 1.165) is 5.39 Å². The monoisotopic (exact) mass is 236 g/mol. The predicted octanol–water partition coefficient (Wildman–Crippen LogP) is 0.506. The number of nitrogens with two attached hydrogens (primary N) is 1. The summed E-state index contributed by atoms with van der Waals surface area (Å²) >= 11 is 0. The Morgan fingerprint density at radius 3 is 2.94 bits per heavy atom. The number of aromatic nitrogens is 4. The summed E-state index contributed by atoms with van der Waals surface area (Å²) in [5, 5.41) is 19.9. The van der Waals surface area contributed by atoms with Crippen LogP contribution in [-0.2, 0) is 0 Å². The topological polar surface area (TPSA) is 113 Å². The van der Waals surface area contributed by atoms with E-state index < -0.39 is 0 Å². The molecule has 2 rings (SSSR count). The highest BCUT2D eigenvalue weighted by molar-refractivity contribution is 5.86. The Bertz CT molecular complexity index is 508. The van der Waals surface area contributed by atoms with Gasteiger partial charge in [0.05, 0.1) is 17.7 Å². The Balaban J connectivity index is 2.25. The molecular formula is C10H16N6O. The molecule has 0 aliphatic heterocycles. The van der Waals surface area contributed by atoms with Gasteiger partial charge in [0, 0.05) is 6.04 Å². The third-order valence-electron chi connectivity index (χ3n) is 2.40. The van der Waals surface area contributed by atoms with Gasteiger partial charge in [-0.15, -0.1) is 0 Å². The molecule has 2 heterocycles. The van der Waals surface area contributed by atoms with Crippen LogP contribution < -0.4 is 11.1 Å². The van der Waals surface area contributed by atoms with Crippen molar-refractivity contribution in [2.75, 3.05) is 11.1 Å². The van der Waals surface area contributed by atoms with Crippen molar-refractivity contribution in [3.05, 3.63) is 6.20 Å². The second-order valence-corrected chi connectivity index (χ2v) is 4.19. The lowest BCUT2D eigenvalue weighted by Gasteiger charge is -2.16. The second kappa shape index (κ2) is 4.54. The molecule has 0 spiro atoms. The zero-order valence-corrected chi connectivity index (χ0v) is 9.81. The predicted molar refractivity (Wildman–Crippen MR) is 65.5 cm³/mol. The molecule has 0 saturated carbocycles. The van der Waals surface area contributed by atoms with Crippen LogP contribution in [0, 0.1) is 0 Å². The Labute approximate surface area is 98.5 Å². The number of nitrogens with one attached hydrogen (secondary N) is 2. The lowest BCUT2D eigenvalue weighted by atomic mass is 10.1. The zero-order chi connectivity index (χ0) is 12.4. The molecule has 5 N–H and O–H groups in total. The maximum Gasteiger partial charge on any atom is 0.224 e. The van der Waals surface area contributed by atoms with E-state index in [2.05, 4.69) is 25.5 Å². The molecule has 92 valence electrons. The lowest BCUT2D eigenvalue weighted by molar-refractivity contribution is 0.179. The Morgan fingerprint density at radius 1 is 1.47 bits per heavy atom. The smallest absolute Gasteiger partial charge is 0.224 e. The summed E-state index contributed by atoms with van der Waals surface area (Å²) in [6.45, 7) is 3.72. The highest BCUT2D eigenvalue weighted by Crippen LogP contribution is 2.20. The quantitative estimate of drug-likeness (QED) is 0.615. The molecule has 0 amide bonds. The summed E-state index contributed by atoms with van der Waals surface area (Å²) in [5.41, 5.74) is 6.20. The number of fused-ring (bicyclic) bond motifs is 1. The summed E-state index contributed by atoms with van der Waals surface area (Å²) in [4.78, 5) is 8.16. The number of rotatable bonds is 4. The van der Waals surface area contributed by atoms with E-state index in [-0.39, 0.29) is 18.1 Å². The SMILES string of the molecule is CC(O)CC(C)Nc1nc(N)nc2[nH]ncc12. The molecule has 2 unspecified atom stereocenters. The Morgan fingerprint density at radius 2 is 2.24 bits per heavy atom. The minimum Gasteiger partial charge on any atom is -0.393 e. The molecular weight excluding hydrogens is 220 g/mol. The van der Waals surface area contributed by atoms with Crippen molar-refractivity contribution in [2.24, 2.45) is 0 Å². The number of aliphatic hydroxyl groups excluding tert-OH is 1. The molecule has 0 bridgehead atoms. The largest absolute Gasteiger partial charge is 0.393 e. The van der Waals surface area contributed by atoms with Gasteiger partial charge < -0.3 is 16.2 Å². The van der Waals surface area contributed by atoms with Crippen molar-refractivity contribution in [1.82, 2.24) is 20.2 Å². The maximum atomic E-state index is 9.31. The van der Waals surface area contributed by atoms with Gasteiger partial charge in [0.15, 0.2) is 5.65 Å². The zero-order valence-electron chi connectivity index (χ0n) is 9.81. The van der Waals surface area contributed by atoms with E-state index in [0.29, 0.717) is 17.9 Å². The highest BCUT2D eigenvalue weighted by Gasteiger charge is 2.11. The van der Waals surface area contributed by atoms with Crippen molar-refractivity contribution in [1.29, 1.82) is 0 Å². The van der Waals surface area contributed by atoms with Crippen LogP contribution in [0.4, 0.5) is 11.8 Å². The minimum absolute atomic E-state index is 0.0856. The third kappa shape index (κ3) is 2.62. The fourth-order valence-corrected chi connectivity index (χ4v) is 1.77. The number of anilines is 2. The first-order valence-corrected chi connectivity index (χ1v) is 5.47. The van der Waals surface area contributed by atoms with Crippen LogP contribution in [0.15, 0.2) is 6.20 Å². The molecule has 2 atom stereocenters. The number of aliphatic hydroxyl groups is 1. The van der Waals surface area contributed by atoms with Crippen LogP contribution in [0.5, 0.6) is 0 Å². The fourth-order valence-electron chi connectivity index (χ4n) is 1.77. The molecule has 17 heavy (non-hydrogen) atoms. The molecule has 0 fully saturated rings. The number of nitrogens with zero attached hydrogens (tertiary/aromatic N) is 3. The van der Waals surface area contributed by atoms with Crippen molar-refractivity contribution < 1.29 is 5.11 Å². The van der Waals surface area contributed by atoms with Crippen molar-refractivity contribution in [3.8, 4) is 0 Å². The molecule has 0 aliphatic carbocycles. The van der Waals surface area contributed by atoms with Crippen LogP contribution in [-0.4, -0.2) is 37.4 Å². The average Bonchev–Trinajstić information content (AvgIpc) is 2.63. The third-order valence-corrected chi connectivity index (χ3v) is 2.40. The molecule has 2 aromatic heterocycles. The summed E-state index contributed by atoms with van der Waals surface area (Å²) in [5.74, 6) is 0.822. The number of hydrogen-bond donors (Lipinski definition) is 4. The number of nitrogen functional groups attached to an aromatic ring is 1. The Kier molecular flexibility index (Phi) is 3.10. The van der Waals surface area contributed by atoms with Gasteiger partial charge >= 0.3 is 0 Å². The van der Waals surface area contributed by atoms with Crippen molar-refractivity contribution in [3.63, 3.8) is 0 Å². The van der Waals surface area contributed by atoms with E-state index in [9.17, 15) is 5.11 Å². The number of H-pyrrole nitrogens is 1. The van der Waals surface area contributed by atoms with E-state index in [4.69, 9.17) is 5.73 Å². The van der Waals surface area contributed by atoms with Gasteiger partial charge in [0.25, 0.3) is 0 Å². The van der Waals surface area contributed by atoms with Crippen LogP contribution in [0.1, 0.15) is 20.3 Å². The molecule has 0 aliphatic rings. The first-order chi connectivity index (χ1) is 8.06. The first-order valence-electron chi connectivity index (χ1n) is 5.47. The van der Waals surface area contributed by atoms with Crippen LogP contribution in [0.3, 0.4) is 0 Å². The molecule has 7 nitrogen and oxygen atoms in total. The summed E-state index contributed by atoms with van der Waals surface area (Å²) in [6.07, 6.45) is 1.91. The summed E-state index contributed by atoms with van der Waals surface area (Å²) in [7, 11) is 0. The van der Waals surface area contributed by atoms with Gasteiger partial charge in [0.1, 0.15) is 5.82 Å². The summed E-state index contributed by atoms with van der Waals surface area (Å²) in [6, 6.07) is 0.0856. The van der Waals surface area contributed by atoms with Crippen LogP contribution in [0.25, 0.3) is 11.0 Å². The van der Waals surface area contributed by atoms with E-state index in [1.165, 1.54) is 0 Å². The minimum atomic E-state index is -0.364. The highest BCUT2D eigenvalue weighted by atomic mass is 16.3. The first kappa shape index (κ1) is 11.6. The normalized spacial score (nSPS) is 14.8. The van der Waals surface area contributed by atoms with Gasteiger partial charge in [-0.25, -0.2) is 0 Å². The molecule has 0 aromatic carbocycles. The number of hydrogen-bond acceptors (Lipinski definition) is 6. The van der Waals surface area contributed by atoms with Crippen LogP contribution in [0.2, 0.25) is 0 Å². The second-order valence-electron chi connectivity index (χ2n) is 4.19. The summed E-state index contributed by atoms with van der Waals surface area (Å²) < 4.78 is 0. The average molecular weight is 236 g/mol. The van der Waals surface area contributed by atoms with Crippen molar-refractivity contribution in [2.45, 2.75) is 32.4 Å². The lowest BCUT2D eigenvalue weighted by Crippen LogP contribution is -2.21. The van der Waals surface area contributed by atoms with Crippen LogP contribution >= 0.6 is 0 Å². The van der Waals surface area contributed by atoms with Gasteiger partial charge in [-0.3, -0.25) is 5.10 Å². The Hall–Kier alpha value is -1.89. The van der Waals surface area contributed by atoms with Crippen molar-refractivity contribution >= 4 is 22.8 Å². The van der Waals surface area contributed by atoms with Gasteiger partial charge in [-0.1, -0.05) is 0 Å². The van der Waals surface area contributed by atoms with E-state index in [1.54, 1.807) is 13.1 Å². The number of aromatic amines is 1. The molecule has 2 aromatic rings. The molecule has 0 saturated heterocycles. The fraction of sp³-hybridized carbons (Fsp3) is 0.500. The standard InChI is InChI=1S/C10H16N6O/c1-5(3-6(2)17)13-8-7-4-12-16-9(7)15-10(11)14-8/h4-6,17H,3H2,1-2H3,(H4,11,12,13,14,15,16). The maximum absolute atomic E-state index is 9.31. The van der Waals surface area contributed by atoms with E-state index >= 15 is 0 Å². The van der Waals surface area contributed by atoms with E-state index in [1.807, 2.05) is 6.92 Å². The van der Waals surface area contributed by atoms with Gasteiger partial charge in [-0.05, 0) is 20.3 Å². The van der Waals surface area contributed by atoms with Gasteiger partial charge in [-0.2, -0.15) is 15.1 Å². The molecule has 7 heteroatoms. The molecule has 0 radical (unpaired) electrons. The van der Waals surface area contributed by atoms with Gasteiger partial charge in [0.2, 0.25) is 5.95 Å².